The number of para-hydroxylation sites is 1. The molecule has 4 rings (SSSR count). The minimum Gasteiger partial charge on any atom is -0.268 e. The molecule has 0 bridgehead atoms. The van der Waals surface area contributed by atoms with Crippen LogP contribution in [0.4, 0.5) is 0 Å². The first-order chi connectivity index (χ1) is 11.2. The molecular weight excluding hydrogens is 324 g/mol. The summed E-state index contributed by atoms with van der Waals surface area (Å²) >= 11 is 3.24. The van der Waals surface area contributed by atoms with Crippen LogP contribution >= 0.6 is 23.1 Å². The Balaban J connectivity index is 2.05. The molecule has 1 atom stereocenters. The van der Waals surface area contributed by atoms with Crippen LogP contribution in [0, 0.1) is 5.92 Å². The smallest absolute Gasteiger partial charge is 0.267 e. The van der Waals surface area contributed by atoms with Crippen molar-refractivity contribution in [3.8, 4) is 5.69 Å². The minimum absolute atomic E-state index is 0.0807. The summed E-state index contributed by atoms with van der Waals surface area (Å²) in [6, 6.07) is 9.82. The van der Waals surface area contributed by atoms with Crippen molar-refractivity contribution in [2.24, 2.45) is 5.92 Å². The van der Waals surface area contributed by atoms with E-state index in [4.69, 9.17) is 4.98 Å². The quantitative estimate of drug-likeness (QED) is 0.515. The number of thioether (sulfide) groups is 1. The molecule has 3 nitrogen and oxygen atoms in total. The number of hydrogen-bond donors (Lipinski definition) is 0. The molecule has 0 radical (unpaired) electrons. The Labute approximate surface area is 143 Å². The molecule has 0 amide bonds. The molecule has 23 heavy (non-hydrogen) atoms. The fourth-order valence-electron chi connectivity index (χ4n) is 3.32. The highest BCUT2D eigenvalue weighted by Crippen LogP contribution is 2.36. The molecule has 2 heterocycles. The number of fused-ring (bicyclic) bond motifs is 3. The van der Waals surface area contributed by atoms with Crippen molar-refractivity contribution in [1.29, 1.82) is 0 Å². The fourth-order valence-corrected chi connectivity index (χ4v) is 5.14. The van der Waals surface area contributed by atoms with Crippen LogP contribution in [0.5, 0.6) is 0 Å². The number of nitrogens with zero attached hydrogens (tertiary/aromatic N) is 2. The highest BCUT2D eigenvalue weighted by Gasteiger charge is 2.24. The van der Waals surface area contributed by atoms with Crippen molar-refractivity contribution in [1.82, 2.24) is 9.55 Å². The lowest BCUT2D eigenvalue weighted by Gasteiger charge is -2.18. The maximum Gasteiger partial charge on any atom is 0.267 e. The second kappa shape index (κ2) is 5.80. The van der Waals surface area contributed by atoms with Gasteiger partial charge in [-0.05, 0) is 49.1 Å². The highest BCUT2D eigenvalue weighted by atomic mass is 32.2. The van der Waals surface area contributed by atoms with Crippen LogP contribution in [0.25, 0.3) is 15.9 Å². The normalized spacial score (nSPS) is 17.4. The van der Waals surface area contributed by atoms with E-state index >= 15 is 0 Å². The van der Waals surface area contributed by atoms with Crippen molar-refractivity contribution in [2.75, 3.05) is 6.26 Å². The zero-order valence-electron chi connectivity index (χ0n) is 13.2. The Bertz CT molecular complexity index is 928. The van der Waals surface area contributed by atoms with Crippen molar-refractivity contribution >= 4 is 33.3 Å². The molecule has 118 valence electrons. The summed E-state index contributed by atoms with van der Waals surface area (Å²) in [7, 11) is 0. The molecule has 1 aliphatic carbocycles. The third kappa shape index (κ3) is 2.42. The molecule has 0 aliphatic heterocycles. The summed E-state index contributed by atoms with van der Waals surface area (Å²) in [5, 5.41) is 1.61. The van der Waals surface area contributed by atoms with Crippen LogP contribution < -0.4 is 5.56 Å². The lowest BCUT2D eigenvalue weighted by atomic mass is 9.89. The monoisotopic (exact) mass is 342 g/mol. The van der Waals surface area contributed by atoms with Gasteiger partial charge in [0.05, 0.1) is 11.1 Å². The zero-order valence-corrected chi connectivity index (χ0v) is 14.8. The molecule has 1 aromatic carbocycles. The van der Waals surface area contributed by atoms with Crippen molar-refractivity contribution in [2.45, 2.75) is 31.3 Å². The van der Waals surface area contributed by atoms with Crippen molar-refractivity contribution < 1.29 is 0 Å². The topological polar surface area (TPSA) is 34.9 Å². The maximum atomic E-state index is 13.3. The molecule has 0 N–H and O–H groups in total. The number of benzene rings is 1. The maximum absolute atomic E-state index is 13.3. The Kier molecular flexibility index (Phi) is 3.77. The standard InChI is InChI=1S/C18H18N2OS2/c1-11-8-9-14-13(10-11)15-16(23-14)19-18(22-2)20(17(15)21)12-6-4-3-5-7-12/h3-7,11H,8-10H2,1-2H3. The molecule has 0 saturated heterocycles. The van der Waals surface area contributed by atoms with Gasteiger partial charge in [-0.1, -0.05) is 36.9 Å². The van der Waals surface area contributed by atoms with E-state index in [1.807, 2.05) is 36.6 Å². The zero-order chi connectivity index (χ0) is 16.0. The highest BCUT2D eigenvalue weighted by molar-refractivity contribution is 7.98. The van der Waals surface area contributed by atoms with Crippen LogP contribution in [0.1, 0.15) is 23.8 Å². The Morgan fingerprint density at radius 1 is 1.30 bits per heavy atom. The van der Waals surface area contributed by atoms with Gasteiger partial charge in [0, 0.05) is 4.88 Å². The summed E-state index contributed by atoms with van der Waals surface area (Å²) in [5.41, 5.74) is 2.22. The lowest BCUT2D eigenvalue weighted by molar-refractivity contribution is 0.508. The van der Waals surface area contributed by atoms with E-state index in [-0.39, 0.29) is 5.56 Å². The summed E-state index contributed by atoms with van der Waals surface area (Å²) in [4.78, 5) is 20.3. The third-order valence-corrected chi connectivity index (χ3v) is 6.32. The van der Waals surface area contributed by atoms with E-state index in [1.165, 1.54) is 28.6 Å². The van der Waals surface area contributed by atoms with Gasteiger partial charge in [0.15, 0.2) is 5.16 Å². The Morgan fingerprint density at radius 3 is 2.83 bits per heavy atom. The fraction of sp³-hybridized carbons (Fsp3) is 0.333. The van der Waals surface area contributed by atoms with Gasteiger partial charge in [0.1, 0.15) is 4.83 Å². The largest absolute Gasteiger partial charge is 0.268 e. The van der Waals surface area contributed by atoms with Gasteiger partial charge in [-0.2, -0.15) is 0 Å². The predicted octanol–water partition coefficient (Wildman–Crippen LogP) is 4.29. The molecule has 1 unspecified atom stereocenters. The number of thiophene rings is 1. The van der Waals surface area contributed by atoms with Crippen LogP contribution in [0.3, 0.4) is 0 Å². The van der Waals surface area contributed by atoms with E-state index in [2.05, 4.69) is 6.92 Å². The number of hydrogen-bond acceptors (Lipinski definition) is 4. The third-order valence-electron chi connectivity index (χ3n) is 4.49. The Hall–Kier alpha value is -1.59. The van der Waals surface area contributed by atoms with Gasteiger partial charge in [0.25, 0.3) is 5.56 Å². The summed E-state index contributed by atoms with van der Waals surface area (Å²) in [6.45, 7) is 2.27. The summed E-state index contributed by atoms with van der Waals surface area (Å²) in [6.07, 6.45) is 5.27. The summed E-state index contributed by atoms with van der Waals surface area (Å²) < 4.78 is 1.76. The molecule has 0 fully saturated rings. The van der Waals surface area contributed by atoms with Crippen LogP contribution in [-0.4, -0.2) is 15.8 Å². The average molecular weight is 342 g/mol. The molecule has 5 heteroatoms. The first-order valence-electron chi connectivity index (χ1n) is 7.85. The molecule has 1 aliphatic rings. The van der Waals surface area contributed by atoms with E-state index in [1.54, 1.807) is 15.9 Å². The minimum atomic E-state index is 0.0807. The first kappa shape index (κ1) is 15.0. The molecular formula is C18H18N2OS2. The van der Waals surface area contributed by atoms with Gasteiger partial charge in [-0.15, -0.1) is 11.3 Å². The van der Waals surface area contributed by atoms with Crippen LogP contribution in [-0.2, 0) is 12.8 Å². The molecule has 0 spiro atoms. The molecule has 2 aromatic heterocycles. The number of rotatable bonds is 2. The number of aromatic nitrogens is 2. The Morgan fingerprint density at radius 2 is 2.09 bits per heavy atom. The van der Waals surface area contributed by atoms with Gasteiger partial charge >= 0.3 is 0 Å². The van der Waals surface area contributed by atoms with Gasteiger partial charge in [-0.3, -0.25) is 9.36 Å². The molecule has 0 saturated carbocycles. The van der Waals surface area contributed by atoms with Gasteiger partial charge in [0.2, 0.25) is 0 Å². The van der Waals surface area contributed by atoms with Crippen molar-refractivity contribution in [3.63, 3.8) is 0 Å². The lowest BCUT2D eigenvalue weighted by Crippen LogP contribution is -2.22. The second-order valence-electron chi connectivity index (χ2n) is 6.11. The van der Waals surface area contributed by atoms with E-state index in [0.717, 1.165) is 33.9 Å². The van der Waals surface area contributed by atoms with E-state index in [9.17, 15) is 4.79 Å². The van der Waals surface area contributed by atoms with Crippen molar-refractivity contribution in [3.05, 3.63) is 51.1 Å². The predicted molar refractivity (Wildman–Crippen MR) is 98.2 cm³/mol. The first-order valence-corrected chi connectivity index (χ1v) is 9.90. The van der Waals surface area contributed by atoms with Gasteiger partial charge in [-0.25, -0.2) is 4.98 Å². The van der Waals surface area contributed by atoms with Crippen LogP contribution in [0.2, 0.25) is 0 Å². The summed E-state index contributed by atoms with van der Waals surface area (Å²) in [5.74, 6) is 0.644. The number of aryl methyl sites for hydroxylation is 1. The van der Waals surface area contributed by atoms with E-state index < -0.39 is 0 Å². The van der Waals surface area contributed by atoms with Crippen LogP contribution in [0.15, 0.2) is 40.3 Å². The second-order valence-corrected chi connectivity index (χ2v) is 7.96. The van der Waals surface area contributed by atoms with E-state index in [0.29, 0.717) is 5.92 Å². The van der Waals surface area contributed by atoms with Gasteiger partial charge < -0.3 is 0 Å². The SMILES string of the molecule is CSc1nc2sc3c(c2c(=O)n1-c1ccccc1)CC(C)CC3. The molecule has 3 aromatic rings. The average Bonchev–Trinajstić information content (AvgIpc) is 2.93.